The molecule has 19 heavy (non-hydrogen) atoms. The predicted octanol–water partition coefficient (Wildman–Crippen LogP) is 2.81. The minimum atomic E-state index is 0.0811. The van der Waals surface area contributed by atoms with Gasteiger partial charge >= 0.3 is 0 Å². The van der Waals surface area contributed by atoms with Crippen LogP contribution in [0.4, 0.5) is 0 Å². The van der Waals surface area contributed by atoms with Crippen LogP contribution in [0.5, 0.6) is 0 Å². The lowest BCUT2D eigenvalue weighted by Crippen LogP contribution is -2.28. The summed E-state index contributed by atoms with van der Waals surface area (Å²) in [5.41, 5.74) is 7.26. The first-order chi connectivity index (χ1) is 9.11. The maximum atomic E-state index is 8.65. The van der Waals surface area contributed by atoms with Crippen LogP contribution in [0.15, 0.2) is 23.4 Å². The third-order valence-electron chi connectivity index (χ3n) is 3.82. The van der Waals surface area contributed by atoms with E-state index in [9.17, 15) is 0 Å². The number of hydrogen-bond donors (Lipinski definition) is 2. The van der Waals surface area contributed by atoms with E-state index in [0.29, 0.717) is 16.6 Å². The van der Waals surface area contributed by atoms with Gasteiger partial charge in [-0.2, -0.15) is 0 Å². The van der Waals surface area contributed by atoms with Gasteiger partial charge in [-0.05, 0) is 31.5 Å². The Kier molecular flexibility index (Phi) is 4.66. The first-order valence-corrected chi connectivity index (χ1v) is 6.96. The van der Waals surface area contributed by atoms with Gasteiger partial charge in [0.05, 0.1) is 0 Å². The van der Waals surface area contributed by atoms with Crippen molar-refractivity contribution in [3.05, 3.63) is 34.3 Å². The summed E-state index contributed by atoms with van der Waals surface area (Å²) >= 11 is 6.26. The fraction of sp³-hybridized carbons (Fsp3) is 0.500. The summed E-state index contributed by atoms with van der Waals surface area (Å²) in [5, 5.41) is 12.3. The number of nitrogens with zero attached hydrogens (tertiary/aromatic N) is 2. The van der Waals surface area contributed by atoms with Gasteiger partial charge in [0, 0.05) is 23.2 Å². The summed E-state index contributed by atoms with van der Waals surface area (Å²) in [6.45, 7) is 0.833. The highest BCUT2D eigenvalue weighted by atomic mass is 35.5. The van der Waals surface area contributed by atoms with E-state index in [1.54, 1.807) is 6.07 Å². The van der Waals surface area contributed by atoms with Gasteiger partial charge in [0.1, 0.15) is 0 Å². The number of rotatable bonds is 4. The molecule has 3 N–H and O–H groups in total. The minimum absolute atomic E-state index is 0.0811. The lowest BCUT2D eigenvalue weighted by Gasteiger charge is -2.24. The molecule has 1 saturated carbocycles. The van der Waals surface area contributed by atoms with Gasteiger partial charge < -0.3 is 10.9 Å². The molecule has 0 saturated heterocycles. The first kappa shape index (κ1) is 14.2. The Bertz CT molecular complexity index is 470. The Labute approximate surface area is 118 Å². The maximum Gasteiger partial charge on any atom is 0.170 e. The molecule has 1 aromatic carbocycles. The normalized spacial score (nSPS) is 17.3. The van der Waals surface area contributed by atoms with Gasteiger partial charge in [-0.1, -0.05) is 41.7 Å². The largest absolute Gasteiger partial charge is 0.409 e. The van der Waals surface area contributed by atoms with Crippen LogP contribution in [0.25, 0.3) is 0 Å². The fourth-order valence-electron chi connectivity index (χ4n) is 2.64. The number of hydrogen-bond acceptors (Lipinski definition) is 3. The Balaban J connectivity index is 2.08. The quantitative estimate of drug-likeness (QED) is 0.386. The van der Waals surface area contributed by atoms with Crippen molar-refractivity contribution in [2.24, 2.45) is 10.9 Å². The monoisotopic (exact) mass is 281 g/mol. The SMILES string of the molecule is CN(Cc1ccc(/C(N)=N/O)cc1Cl)C1CCCC1. The van der Waals surface area contributed by atoms with Crippen molar-refractivity contribution in [1.82, 2.24) is 4.90 Å². The van der Waals surface area contributed by atoms with E-state index in [1.165, 1.54) is 25.7 Å². The third-order valence-corrected chi connectivity index (χ3v) is 4.18. The second kappa shape index (κ2) is 6.26. The topological polar surface area (TPSA) is 61.8 Å². The van der Waals surface area contributed by atoms with Gasteiger partial charge in [0.2, 0.25) is 0 Å². The summed E-state index contributed by atoms with van der Waals surface area (Å²) in [4.78, 5) is 2.36. The molecule has 2 rings (SSSR count). The molecule has 0 radical (unpaired) electrons. The van der Waals surface area contributed by atoms with Crippen molar-refractivity contribution in [3.8, 4) is 0 Å². The van der Waals surface area contributed by atoms with Crippen LogP contribution >= 0.6 is 11.6 Å². The van der Waals surface area contributed by atoms with Crippen LogP contribution in [0, 0.1) is 0 Å². The number of oxime groups is 1. The molecular weight excluding hydrogens is 262 g/mol. The van der Waals surface area contributed by atoms with Crippen molar-refractivity contribution in [2.75, 3.05) is 7.05 Å². The number of amidine groups is 1. The highest BCUT2D eigenvalue weighted by molar-refractivity contribution is 6.31. The zero-order chi connectivity index (χ0) is 13.8. The first-order valence-electron chi connectivity index (χ1n) is 6.58. The van der Waals surface area contributed by atoms with Gasteiger partial charge in [-0.25, -0.2) is 0 Å². The van der Waals surface area contributed by atoms with Crippen LogP contribution in [0.2, 0.25) is 5.02 Å². The molecule has 0 unspecified atom stereocenters. The lowest BCUT2D eigenvalue weighted by molar-refractivity contribution is 0.237. The average Bonchev–Trinajstić information content (AvgIpc) is 2.94. The van der Waals surface area contributed by atoms with Crippen LogP contribution in [0.1, 0.15) is 36.8 Å². The van der Waals surface area contributed by atoms with Crippen LogP contribution < -0.4 is 5.73 Å². The van der Waals surface area contributed by atoms with E-state index in [1.807, 2.05) is 12.1 Å². The lowest BCUT2D eigenvalue weighted by atomic mass is 10.1. The van der Waals surface area contributed by atoms with E-state index in [4.69, 9.17) is 22.5 Å². The molecule has 1 aliphatic carbocycles. The molecule has 4 nitrogen and oxygen atoms in total. The van der Waals surface area contributed by atoms with E-state index in [2.05, 4.69) is 17.1 Å². The van der Waals surface area contributed by atoms with Gasteiger partial charge in [0.25, 0.3) is 0 Å². The second-order valence-electron chi connectivity index (χ2n) is 5.14. The molecule has 5 heteroatoms. The highest BCUT2D eigenvalue weighted by Crippen LogP contribution is 2.26. The number of halogens is 1. The van der Waals surface area contributed by atoms with Gasteiger partial charge in [-0.3, -0.25) is 4.90 Å². The second-order valence-corrected chi connectivity index (χ2v) is 5.55. The number of nitrogens with two attached hydrogens (primary N) is 1. The average molecular weight is 282 g/mol. The van der Waals surface area contributed by atoms with Gasteiger partial charge in [0.15, 0.2) is 5.84 Å². The van der Waals surface area contributed by atoms with Crippen LogP contribution in [-0.4, -0.2) is 29.0 Å². The van der Waals surface area contributed by atoms with E-state index < -0.39 is 0 Å². The molecule has 0 bridgehead atoms. The molecule has 0 aromatic heterocycles. The van der Waals surface area contributed by atoms with Crippen LogP contribution in [0.3, 0.4) is 0 Å². The highest BCUT2D eigenvalue weighted by Gasteiger charge is 2.20. The zero-order valence-corrected chi connectivity index (χ0v) is 11.9. The van der Waals surface area contributed by atoms with Crippen molar-refractivity contribution in [3.63, 3.8) is 0 Å². The van der Waals surface area contributed by atoms with E-state index >= 15 is 0 Å². The van der Waals surface area contributed by atoms with Gasteiger partial charge in [-0.15, -0.1) is 0 Å². The van der Waals surface area contributed by atoms with Crippen molar-refractivity contribution >= 4 is 17.4 Å². The fourth-order valence-corrected chi connectivity index (χ4v) is 2.88. The summed E-state index contributed by atoms with van der Waals surface area (Å²) in [6, 6.07) is 6.19. The summed E-state index contributed by atoms with van der Waals surface area (Å²) in [5.74, 6) is 0.0811. The molecular formula is C14H20ClN3O. The van der Waals surface area contributed by atoms with E-state index in [0.717, 1.165) is 12.1 Å². The molecule has 0 spiro atoms. The molecule has 0 atom stereocenters. The standard InChI is InChI=1S/C14H20ClN3O/c1-18(12-4-2-3-5-12)9-11-7-6-10(8-13(11)15)14(16)17-19/h6-8,12,19H,2-5,9H2,1H3,(H2,16,17). The molecule has 0 heterocycles. The molecule has 1 aliphatic rings. The van der Waals surface area contributed by atoms with Crippen LogP contribution in [-0.2, 0) is 6.54 Å². The molecule has 104 valence electrons. The summed E-state index contributed by atoms with van der Waals surface area (Å²) in [6.07, 6.45) is 5.20. The minimum Gasteiger partial charge on any atom is -0.409 e. The Hall–Kier alpha value is -1.26. The summed E-state index contributed by atoms with van der Waals surface area (Å²) in [7, 11) is 2.14. The molecule has 1 fully saturated rings. The Morgan fingerprint density at radius 3 is 2.74 bits per heavy atom. The third kappa shape index (κ3) is 3.39. The summed E-state index contributed by atoms with van der Waals surface area (Å²) < 4.78 is 0. The zero-order valence-electron chi connectivity index (χ0n) is 11.1. The van der Waals surface area contributed by atoms with Crippen molar-refractivity contribution in [1.29, 1.82) is 0 Å². The van der Waals surface area contributed by atoms with Crippen molar-refractivity contribution in [2.45, 2.75) is 38.3 Å². The predicted molar refractivity (Wildman–Crippen MR) is 77.7 cm³/mol. The number of benzene rings is 1. The molecule has 1 aromatic rings. The smallest absolute Gasteiger partial charge is 0.170 e. The Morgan fingerprint density at radius 1 is 1.47 bits per heavy atom. The van der Waals surface area contributed by atoms with E-state index in [-0.39, 0.29) is 5.84 Å². The Morgan fingerprint density at radius 2 is 2.16 bits per heavy atom. The van der Waals surface area contributed by atoms with Crippen molar-refractivity contribution < 1.29 is 5.21 Å². The molecule has 0 amide bonds. The maximum absolute atomic E-state index is 8.65. The molecule has 0 aliphatic heterocycles.